The number of aryl methyl sites for hydroxylation is 3. The number of nitro benzene ring substituents is 1. The Hall–Kier alpha value is -2.69. The van der Waals surface area contributed by atoms with E-state index in [0.29, 0.717) is 5.75 Å². The van der Waals surface area contributed by atoms with Gasteiger partial charge in [0.25, 0.3) is 5.69 Å². The van der Waals surface area contributed by atoms with Crippen LogP contribution in [0, 0.1) is 30.9 Å². The number of hydrogen-bond donors (Lipinski definition) is 0. The number of carbonyl (C=O) groups excluding carboxylic acids is 1. The van der Waals surface area contributed by atoms with Crippen molar-refractivity contribution < 1.29 is 14.5 Å². The van der Waals surface area contributed by atoms with Crippen LogP contribution in [0.3, 0.4) is 0 Å². The van der Waals surface area contributed by atoms with Crippen LogP contribution < -0.4 is 4.74 Å². The highest BCUT2D eigenvalue weighted by molar-refractivity contribution is 5.95. The number of nitro groups is 1. The molecule has 0 N–H and O–H groups in total. The Morgan fingerprint density at radius 1 is 1.10 bits per heavy atom. The van der Waals surface area contributed by atoms with E-state index in [1.165, 1.54) is 18.2 Å². The lowest BCUT2D eigenvalue weighted by Gasteiger charge is -2.11. The third-order valence-electron chi connectivity index (χ3n) is 3.12. The summed E-state index contributed by atoms with van der Waals surface area (Å²) in [6, 6.07) is 9.55. The lowest BCUT2D eigenvalue weighted by atomic mass is 10.1. The summed E-state index contributed by atoms with van der Waals surface area (Å²) in [6.45, 7) is 5.62. The van der Waals surface area contributed by atoms with Gasteiger partial charge in [-0.15, -0.1) is 0 Å². The van der Waals surface area contributed by atoms with Crippen LogP contribution >= 0.6 is 0 Å². The van der Waals surface area contributed by atoms with Crippen molar-refractivity contribution in [3.8, 4) is 5.75 Å². The average molecular weight is 285 g/mol. The molecule has 2 aromatic rings. The van der Waals surface area contributed by atoms with Crippen LogP contribution in [0.4, 0.5) is 5.69 Å². The van der Waals surface area contributed by atoms with Gasteiger partial charge in [0.15, 0.2) is 0 Å². The predicted molar refractivity (Wildman–Crippen MR) is 78.7 cm³/mol. The van der Waals surface area contributed by atoms with E-state index >= 15 is 0 Å². The number of nitrogens with zero attached hydrogens (tertiary/aromatic N) is 1. The monoisotopic (exact) mass is 285 g/mol. The zero-order valence-corrected chi connectivity index (χ0v) is 12.0. The first-order valence-corrected chi connectivity index (χ1v) is 6.43. The Kier molecular flexibility index (Phi) is 4.03. The minimum Gasteiger partial charge on any atom is -0.422 e. The molecule has 0 aliphatic carbocycles. The molecule has 0 radical (unpaired) electrons. The molecule has 0 aliphatic heterocycles. The molecular formula is C16H15NO4. The van der Waals surface area contributed by atoms with Gasteiger partial charge in [-0.05, 0) is 38.0 Å². The molecular weight excluding hydrogens is 270 g/mol. The zero-order valence-electron chi connectivity index (χ0n) is 12.0. The Morgan fingerprint density at radius 3 is 2.24 bits per heavy atom. The van der Waals surface area contributed by atoms with Crippen molar-refractivity contribution in [2.45, 2.75) is 20.8 Å². The summed E-state index contributed by atoms with van der Waals surface area (Å²) in [4.78, 5) is 22.6. The van der Waals surface area contributed by atoms with Crippen molar-refractivity contribution in [3.05, 3.63) is 68.8 Å². The number of para-hydroxylation sites is 1. The fourth-order valence-electron chi connectivity index (χ4n) is 2.28. The van der Waals surface area contributed by atoms with Crippen molar-refractivity contribution in [2.24, 2.45) is 0 Å². The summed E-state index contributed by atoms with van der Waals surface area (Å²) in [5, 5.41) is 11.0. The lowest BCUT2D eigenvalue weighted by molar-refractivity contribution is -0.385. The number of rotatable bonds is 3. The topological polar surface area (TPSA) is 69.4 Å². The summed E-state index contributed by atoms with van der Waals surface area (Å²) in [5.74, 6) is -0.277. The van der Waals surface area contributed by atoms with Crippen LogP contribution in [0.5, 0.6) is 5.75 Å². The molecule has 0 unspecified atom stereocenters. The van der Waals surface area contributed by atoms with Gasteiger partial charge in [-0.1, -0.05) is 29.8 Å². The minimum absolute atomic E-state index is 0.0538. The number of ether oxygens (including phenoxy) is 1. The van der Waals surface area contributed by atoms with Gasteiger partial charge in [0.2, 0.25) is 0 Å². The lowest BCUT2D eigenvalue weighted by Crippen LogP contribution is -2.12. The van der Waals surface area contributed by atoms with E-state index in [1.54, 1.807) is 6.07 Å². The maximum Gasteiger partial charge on any atom is 0.350 e. The molecule has 0 aromatic heterocycles. The first-order valence-electron chi connectivity index (χ1n) is 6.43. The van der Waals surface area contributed by atoms with Gasteiger partial charge >= 0.3 is 5.97 Å². The van der Waals surface area contributed by atoms with Gasteiger partial charge < -0.3 is 4.74 Å². The normalized spacial score (nSPS) is 10.2. The van der Waals surface area contributed by atoms with E-state index in [-0.39, 0.29) is 11.3 Å². The van der Waals surface area contributed by atoms with Gasteiger partial charge in [-0.3, -0.25) is 10.1 Å². The highest BCUT2D eigenvalue weighted by atomic mass is 16.6. The third-order valence-corrected chi connectivity index (χ3v) is 3.12. The number of carbonyl (C=O) groups is 1. The van der Waals surface area contributed by atoms with Crippen LogP contribution in [-0.2, 0) is 0 Å². The molecule has 2 aromatic carbocycles. The number of hydrogen-bond acceptors (Lipinski definition) is 4. The fraction of sp³-hybridized carbons (Fsp3) is 0.188. The SMILES string of the molecule is Cc1cc(C)c(OC(=O)c2ccccc2[N+](=O)[O-])c(C)c1. The molecule has 0 spiro atoms. The zero-order chi connectivity index (χ0) is 15.6. The number of benzene rings is 2. The van der Waals surface area contributed by atoms with E-state index in [2.05, 4.69) is 0 Å². The maximum absolute atomic E-state index is 12.2. The maximum atomic E-state index is 12.2. The molecule has 0 heterocycles. The molecule has 0 bridgehead atoms. The van der Waals surface area contributed by atoms with Crippen molar-refractivity contribution in [1.29, 1.82) is 0 Å². The summed E-state index contributed by atoms with van der Waals surface area (Å²) in [5.41, 5.74) is 2.39. The molecule has 5 nitrogen and oxygen atoms in total. The Balaban J connectivity index is 2.38. The van der Waals surface area contributed by atoms with E-state index in [4.69, 9.17) is 4.74 Å². The average Bonchev–Trinajstić information content (AvgIpc) is 2.42. The van der Waals surface area contributed by atoms with Gasteiger partial charge in [-0.25, -0.2) is 4.79 Å². The van der Waals surface area contributed by atoms with Crippen molar-refractivity contribution in [3.63, 3.8) is 0 Å². The summed E-state index contributed by atoms with van der Waals surface area (Å²) in [7, 11) is 0. The quantitative estimate of drug-likeness (QED) is 0.373. The highest BCUT2D eigenvalue weighted by Crippen LogP contribution is 2.27. The molecule has 0 aliphatic rings. The third kappa shape index (κ3) is 3.08. The summed E-state index contributed by atoms with van der Waals surface area (Å²) < 4.78 is 5.36. The molecule has 0 saturated carbocycles. The van der Waals surface area contributed by atoms with Crippen molar-refractivity contribution >= 4 is 11.7 Å². The first-order chi connectivity index (χ1) is 9.90. The van der Waals surface area contributed by atoms with E-state index in [0.717, 1.165) is 16.7 Å². The Morgan fingerprint density at radius 2 is 1.67 bits per heavy atom. The second-order valence-corrected chi connectivity index (χ2v) is 4.89. The molecule has 0 saturated heterocycles. The van der Waals surface area contributed by atoms with Crippen LogP contribution in [0.1, 0.15) is 27.0 Å². The molecule has 5 heteroatoms. The van der Waals surface area contributed by atoms with Crippen molar-refractivity contribution in [2.75, 3.05) is 0 Å². The standard InChI is InChI=1S/C16H15NO4/c1-10-8-11(2)15(12(3)9-10)21-16(18)13-6-4-5-7-14(13)17(19)20/h4-9H,1-3H3. The molecule has 2 rings (SSSR count). The smallest absolute Gasteiger partial charge is 0.350 e. The fourth-order valence-corrected chi connectivity index (χ4v) is 2.28. The van der Waals surface area contributed by atoms with Crippen LogP contribution in [0.2, 0.25) is 0 Å². The molecule has 21 heavy (non-hydrogen) atoms. The van der Waals surface area contributed by atoms with E-state index < -0.39 is 10.9 Å². The second kappa shape index (κ2) is 5.75. The molecule has 0 amide bonds. The van der Waals surface area contributed by atoms with Crippen LogP contribution in [0.25, 0.3) is 0 Å². The Bertz CT molecular complexity index is 699. The highest BCUT2D eigenvalue weighted by Gasteiger charge is 2.22. The van der Waals surface area contributed by atoms with Gasteiger partial charge in [0.1, 0.15) is 11.3 Å². The van der Waals surface area contributed by atoms with Gasteiger partial charge in [-0.2, -0.15) is 0 Å². The van der Waals surface area contributed by atoms with Crippen LogP contribution in [-0.4, -0.2) is 10.9 Å². The number of esters is 1. The minimum atomic E-state index is -0.725. The first kappa shape index (κ1) is 14.7. The van der Waals surface area contributed by atoms with E-state index in [9.17, 15) is 14.9 Å². The largest absolute Gasteiger partial charge is 0.422 e. The Labute approximate surface area is 122 Å². The second-order valence-electron chi connectivity index (χ2n) is 4.89. The van der Waals surface area contributed by atoms with Gasteiger partial charge in [0, 0.05) is 6.07 Å². The van der Waals surface area contributed by atoms with Crippen LogP contribution in [0.15, 0.2) is 36.4 Å². The summed E-state index contributed by atoms with van der Waals surface area (Å²) >= 11 is 0. The molecule has 0 atom stereocenters. The molecule has 108 valence electrons. The molecule has 0 fully saturated rings. The van der Waals surface area contributed by atoms with Gasteiger partial charge in [0.05, 0.1) is 4.92 Å². The summed E-state index contributed by atoms with van der Waals surface area (Å²) in [6.07, 6.45) is 0. The van der Waals surface area contributed by atoms with Crippen molar-refractivity contribution in [1.82, 2.24) is 0 Å². The predicted octanol–water partition coefficient (Wildman–Crippen LogP) is 3.74. The van der Waals surface area contributed by atoms with E-state index in [1.807, 2.05) is 32.9 Å².